The Kier molecular flexibility index (Phi) is 5.00. The summed E-state index contributed by atoms with van der Waals surface area (Å²) in [6, 6.07) is 3.44. The highest BCUT2D eigenvalue weighted by molar-refractivity contribution is 5.80. The van der Waals surface area contributed by atoms with Crippen molar-refractivity contribution in [3.05, 3.63) is 46.9 Å². The number of aromatic hydroxyl groups is 1. The summed E-state index contributed by atoms with van der Waals surface area (Å²) >= 11 is 0. The number of allylic oxidation sites excluding steroid dienone is 3. The van der Waals surface area contributed by atoms with Gasteiger partial charge in [-0.3, -0.25) is 4.79 Å². The molecule has 4 rings (SSSR count). The van der Waals surface area contributed by atoms with Crippen molar-refractivity contribution in [3.8, 4) is 11.5 Å². The summed E-state index contributed by atoms with van der Waals surface area (Å²) in [7, 11) is 0. The number of aryl methyl sites for hydroxylation is 2. The molecule has 174 valence electrons. The fraction of sp³-hybridized carbons (Fsp3) is 0.593. The average molecular weight is 441 g/mol. The van der Waals surface area contributed by atoms with Crippen molar-refractivity contribution in [2.75, 3.05) is 0 Å². The van der Waals surface area contributed by atoms with Crippen LogP contribution in [0.4, 0.5) is 0 Å². The summed E-state index contributed by atoms with van der Waals surface area (Å²) in [5.41, 5.74) is 0.0970. The fourth-order valence-corrected chi connectivity index (χ4v) is 6.63. The second-order valence-corrected chi connectivity index (χ2v) is 11.6. The summed E-state index contributed by atoms with van der Waals surface area (Å²) in [6.45, 7) is 12.4. The molecule has 1 fully saturated rings. The molecule has 0 amide bonds. The summed E-state index contributed by atoms with van der Waals surface area (Å²) in [6.07, 6.45) is 6.12. The van der Waals surface area contributed by atoms with Gasteiger partial charge in [0, 0.05) is 30.3 Å². The molecule has 2 aliphatic carbocycles. The molecule has 3 aliphatic rings. The Bertz CT molecular complexity index is 1030. The largest absolute Gasteiger partial charge is 0.512 e. The van der Waals surface area contributed by atoms with E-state index in [0.717, 1.165) is 23.3 Å². The van der Waals surface area contributed by atoms with Crippen LogP contribution < -0.4 is 4.74 Å². The lowest BCUT2D eigenvalue weighted by atomic mass is 9.56. The van der Waals surface area contributed by atoms with Crippen molar-refractivity contribution < 1.29 is 24.9 Å². The van der Waals surface area contributed by atoms with E-state index < -0.39 is 16.4 Å². The number of carbonyl (C=O) groups is 1. The number of aliphatic hydroxyl groups excluding tert-OH is 2. The maximum absolute atomic E-state index is 13.4. The third-order valence-corrected chi connectivity index (χ3v) is 8.97. The Labute approximate surface area is 190 Å². The maximum Gasteiger partial charge on any atom is 0.137 e. The molecule has 32 heavy (non-hydrogen) atoms. The number of hydrogen-bond donors (Lipinski definition) is 3. The lowest BCUT2D eigenvalue weighted by Crippen LogP contribution is -2.44. The van der Waals surface area contributed by atoms with E-state index in [-0.39, 0.29) is 34.4 Å². The first-order chi connectivity index (χ1) is 14.7. The van der Waals surface area contributed by atoms with Gasteiger partial charge < -0.3 is 20.1 Å². The molecule has 0 aromatic heterocycles. The van der Waals surface area contributed by atoms with Crippen molar-refractivity contribution in [2.24, 2.45) is 22.2 Å². The van der Waals surface area contributed by atoms with Gasteiger partial charge in [0.15, 0.2) is 0 Å². The van der Waals surface area contributed by atoms with Crippen LogP contribution in [-0.2, 0) is 11.2 Å². The molecule has 0 spiro atoms. The van der Waals surface area contributed by atoms with Crippen LogP contribution in [0.5, 0.6) is 11.5 Å². The van der Waals surface area contributed by atoms with Gasteiger partial charge in [0.05, 0.1) is 5.76 Å². The fourth-order valence-electron chi connectivity index (χ4n) is 6.63. The van der Waals surface area contributed by atoms with E-state index in [4.69, 9.17) is 4.74 Å². The van der Waals surface area contributed by atoms with Crippen LogP contribution >= 0.6 is 0 Å². The minimum atomic E-state index is -0.594. The quantitative estimate of drug-likeness (QED) is 0.527. The summed E-state index contributed by atoms with van der Waals surface area (Å²) in [5.74, 6) is 1.30. The minimum Gasteiger partial charge on any atom is -0.512 e. The van der Waals surface area contributed by atoms with E-state index in [1.165, 1.54) is 6.08 Å². The van der Waals surface area contributed by atoms with E-state index >= 15 is 0 Å². The molecule has 1 saturated carbocycles. The van der Waals surface area contributed by atoms with Crippen molar-refractivity contribution in [1.29, 1.82) is 0 Å². The predicted octanol–water partition coefficient (Wildman–Crippen LogP) is 6.09. The van der Waals surface area contributed by atoms with Gasteiger partial charge in [-0.1, -0.05) is 27.7 Å². The number of phenols is 1. The highest BCUT2D eigenvalue weighted by atomic mass is 16.5. The van der Waals surface area contributed by atoms with Crippen molar-refractivity contribution >= 4 is 5.78 Å². The lowest BCUT2D eigenvalue weighted by molar-refractivity contribution is -0.127. The van der Waals surface area contributed by atoms with E-state index in [1.54, 1.807) is 12.1 Å². The van der Waals surface area contributed by atoms with Crippen LogP contribution in [-0.4, -0.2) is 26.7 Å². The summed E-state index contributed by atoms with van der Waals surface area (Å²) in [5, 5.41) is 30.9. The van der Waals surface area contributed by atoms with Crippen LogP contribution in [0.1, 0.15) is 71.4 Å². The topological polar surface area (TPSA) is 87.0 Å². The molecular weight excluding hydrogens is 404 g/mol. The SMILES string of the molecule is Cc1cc(O)cc2c1O[C@@](C)(CC(=O)C[C@]1(C)C[C@H]3C(O)=CC(O)=C[C@]1(C)C3(C)C)CC2. The molecule has 1 aromatic carbocycles. The number of ether oxygens (including phenoxy) is 1. The molecule has 1 aromatic rings. The number of phenolic OH excluding ortho intramolecular Hbond substituents is 1. The summed E-state index contributed by atoms with van der Waals surface area (Å²) in [4.78, 5) is 13.4. The third-order valence-electron chi connectivity index (χ3n) is 8.97. The molecule has 5 nitrogen and oxygen atoms in total. The van der Waals surface area contributed by atoms with Crippen LogP contribution in [0.15, 0.2) is 35.8 Å². The molecule has 5 heteroatoms. The van der Waals surface area contributed by atoms with E-state index in [9.17, 15) is 20.1 Å². The molecule has 2 bridgehead atoms. The van der Waals surface area contributed by atoms with Gasteiger partial charge in [0.2, 0.25) is 0 Å². The van der Waals surface area contributed by atoms with Crippen LogP contribution in [0, 0.1) is 29.1 Å². The molecule has 0 saturated heterocycles. The number of fused-ring (bicyclic) bond motifs is 3. The van der Waals surface area contributed by atoms with Gasteiger partial charge >= 0.3 is 0 Å². The number of aliphatic hydroxyl groups is 2. The zero-order valence-electron chi connectivity index (χ0n) is 20.1. The van der Waals surface area contributed by atoms with Crippen molar-refractivity contribution in [3.63, 3.8) is 0 Å². The highest BCUT2D eigenvalue weighted by Crippen LogP contribution is 2.69. The van der Waals surface area contributed by atoms with Crippen molar-refractivity contribution in [2.45, 2.75) is 79.2 Å². The number of rotatable bonds is 4. The molecule has 0 unspecified atom stereocenters. The smallest absolute Gasteiger partial charge is 0.137 e. The standard InChI is InChI=1S/C27H36O5/c1-16-9-18(28)10-17-7-8-26(5,32-23(16)17)13-20(30)12-25(4)15-21-22(31)11-19(29)14-27(25,6)24(21,2)3/h9-11,14,21,28-29,31H,7-8,12-13,15H2,1-6H3/t21-,25+,26+,27+/m0/s1. The van der Waals surface area contributed by atoms with Gasteiger partial charge in [-0.05, 0) is 73.3 Å². The van der Waals surface area contributed by atoms with Crippen LogP contribution in [0.25, 0.3) is 0 Å². The molecular formula is C27H36O5. The molecule has 1 aliphatic heterocycles. The predicted molar refractivity (Wildman–Crippen MR) is 124 cm³/mol. The lowest BCUT2D eigenvalue weighted by Gasteiger charge is -2.47. The maximum atomic E-state index is 13.4. The first-order valence-corrected chi connectivity index (χ1v) is 11.6. The zero-order valence-corrected chi connectivity index (χ0v) is 20.1. The summed E-state index contributed by atoms with van der Waals surface area (Å²) < 4.78 is 6.35. The Morgan fingerprint density at radius 1 is 1.09 bits per heavy atom. The zero-order chi connectivity index (χ0) is 23.7. The molecule has 3 N–H and O–H groups in total. The number of ketones is 1. The van der Waals surface area contributed by atoms with E-state index in [1.807, 2.05) is 19.9 Å². The van der Waals surface area contributed by atoms with Gasteiger partial charge in [0.1, 0.15) is 28.6 Å². The van der Waals surface area contributed by atoms with E-state index in [2.05, 4.69) is 27.7 Å². The van der Waals surface area contributed by atoms with Crippen molar-refractivity contribution in [1.82, 2.24) is 0 Å². The number of hydrogen-bond acceptors (Lipinski definition) is 5. The second-order valence-electron chi connectivity index (χ2n) is 11.6. The number of carbonyl (C=O) groups excluding carboxylic acids is 1. The minimum absolute atomic E-state index is 0.0665. The van der Waals surface area contributed by atoms with E-state index in [0.29, 0.717) is 25.7 Å². The Morgan fingerprint density at radius 2 is 1.78 bits per heavy atom. The monoisotopic (exact) mass is 440 g/mol. The molecule has 0 radical (unpaired) electrons. The second kappa shape index (κ2) is 7.03. The van der Waals surface area contributed by atoms with Crippen LogP contribution in [0.2, 0.25) is 0 Å². The first-order valence-electron chi connectivity index (χ1n) is 11.6. The number of benzene rings is 1. The van der Waals surface area contributed by atoms with Crippen LogP contribution in [0.3, 0.4) is 0 Å². The Hall–Kier alpha value is -2.43. The van der Waals surface area contributed by atoms with Gasteiger partial charge in [-0.25, -0.2) is 0 Å². The molecule has 1 heterocycles. The average Bonchev–Trinajstić information content (AvgIpc) is 2.75. The third kappa shape index (κ3) is 3.32. The number of Topliss-reactive ketones (excluding diaryl/α,β-unsaturated/α-hetero) is 1. The first kappa shape index (κ1) is 22.8. The highest BCUT2D eigenvalue weighted by Gasteiger charge is 2.64. The Balaban J connectivity index is 1.56. The normalized spacial score (nSPS) is 35.2. The van der Waals surface area contributed by atoms with Gasteiger partial charge in [-0.2, -0.15) is 0 Å². The Morgan fingerprint density at radius 3 is 2.47 bits per heavy atom. The molecule has 4 atom stereocenters. The van der Waals surface area contributed by atoms with Gasteiger partial charge in [0.25, 0.3) is 0 Å². The van der Waals surface area contributed by atoms with Gasteiger partial charge in [-0.15, -0.1) is 0 Å².